The Bertz CT molecular complexity index is 681. The maximum atomic E-state index is 11.8. The molecule has 2 atom stereocenters. The van der Waals surface area contributed by atoms with Crippen LogP contribution < -0.4 is 4.74 Å². The van der Waals surface area contributed by atoms with Gasteiger partial charge in [0.2, 0.25) is 0 Å². The molecule has 0 aromatic heterocycles. The van der Waals surface area contributed by atoms with Gasteiger partial charge in [0.25, 0.3) is 0 Å². The van der Waals surface area contributed by atoms with Crippen molar-refractivity contribution in [2.75, 3.05) is 12.9 Å². The summed E-state index contributed by atoms with van der Waals surface area (Å²) >= 11 is 0. The summed E-state index contributed by atoms with van der Waals surface area (Å²) in [5, 5.41) is 10.9. The van der Waals surface area contributed by atoms with E-state index in [9.17, 15) is 18.3 Å². The quantitative estimate of drug-likeness (QED) is 0.840. The van der Waals surface area contributed by atoms with E-state index in [2.05, 4.69) is 0 Å². The van der Waals surface area contributed by atoms with Crippen LogP contribution in [0.1, 0.15) is 32.3 Å². The minimum atomic E-state index is -3.42. The van der Waals surface area contributed by atoms with E-state index in [1.807, 2.05) is 0 Å². The van der Waals surface area contributed by atoms with Crippen LogP contribution in [0.4, 0.5) is 0 Å². The van der Waals surface area contributed by atoms with Crippen LogP contribution in [0.15, 0.2) is 23.1 Å². The second kappa shape index (κ2) is 5.89. The van der Waals surface area contributed by atoms with Crippen LogP contribution in [0.25, 0.3) is 0 Å². The molecule has 0 fully saturated rings. The standard InChI is InChI=1S/C15H20O6S/c1-4-20-14(16)9-15(17)8-10(2)21-13-6-5-11(7-12(13)15)22(3,18)19/h5-7,10,17H,4,8-9H2,1-3H3/t10-,15-/m1/s1. The summed E-state index contributed by atoms with van der Waals surface area (Å²) in [5.41, 5.74) is -1.19. The summed E-state index contributed by atoms with van der Waals surface area (Å²) in [7, 11) is -3.42. The van der Waals surface area contributed by atoms with Gasteiger partial charge in [-0.15, -0.1) is 0 Å². The van der Waals surface area contributed by atoms with Crippen LogP contribution in [0.2, 0.25) is 0 Å². The van der Waals surface area contributed by atoms with Crippen LogP contribution in [0.5, 0.6) is 5.75 Å². The predicted molar refractivity (Wildman–Crippen MR) is 79.4 cm³/mol. The molecule has 0 unspecified atom stereocenters. The van der Waals surface area contributed by atoms with E-state index in [1.165, 1.54) is 18.2 Å². The van der Waals surface area contributed by atoms with Gasteiger partial charge in [-0.05, 0) is 32.0 Å². The summed E-state index contributed by atoms with van der Waals surface area (Å²) < 4.78 is 33.9. The summed E-state index contributed by atoms with van der Waals surface area (Å²) in [5.74, 6) is -0.146. The molecule has 6 nitrogen and oxygen atoms in total. The van der Waals surface area contributed by atoms with Gasteiger partial charge in [0, 0.05) is 18.2 Å². The molecular weight excluding hydrogens is 308 g/mol. The lowest BCUT2D eigenvalue weighted by Crippen LogP contribution is -2.39. The van der Waals surface area contributed by atoms with Crippen LogP contribution in [-0.4, -0.2) is 38.5 Å². The average Bonchev–Trinajstić information content (AvgIpc) is 2.36. The summed E-state index contributed by atoms with van der Waals surface area (Å²) in [6, 6.07) is 4.31. The first-order valence-corrected chi connectivity index (χ1v) is 8.94. The second-order valence-corrected chi connectivity index (χ2v) is 7.59. The van der Waals surface area contributed by atoms with Crippen LogP contribution in [-0.2, 0) is 25.0 Å². The third-order valence-corrected chi connectivity index (χ3v) is 4.69. The average molecular weight is 328 g/mol. The van der Waals surface area contributed by atoms with E-state index in [0.717, 1.165) is 6.26 Å². The minimum absolute atomic E-state index is 0.0756. The molecule has 0 spiro atoms. The van der Waals surface area contributed by atoms with Crippen molar-refractivity contribution in [3.8, 4) is 5.75 Å². The zero-order chi connectivity index (χ0) is 16.5. The number of rotatable bonds is 4. The fourth-order valence-electron chi connectivity index (χ4n) is 2.67. The Labute approximate surface area is 130 Å². The van der Waals surface area contributed by atoms with Crippen LogP contribution in [0.3, 0.4) is 0 Å². The number of carbonyl (C=O) groups is 1. The van der Waals surface area contributed by atoms with Gasteiger partial charge in [-0.1, -0.05) is 0 Å². The molecule has 122 valence electrons. The van der Waals surface area contributed by atoms with Crippen molar-refractivity contribution in [1.82, 2.24) is 0 Å². The number of esters is 1. The fourth-order valence-corrected chi connectivity index (χ4v) is 3.32. The van der Waals surface area contributed by atoms with Crippen molar-refractivity contribution in [1.29, 1.82) is 0 Å². The lowest BCUT2D eigenvalue weighted by atomic mass is 9.83. The molecule has 0 saturated heterocycles. The molecule has 1 aromatic carbocycles. The molecule has 0 aliphatic carbocycles. The van der Waals surface area contributed by atoms with Crippen LogP contribution in [0, 0.1) is 0 Å². The summed E-state index contributed by atoms with van der Waals surface area (Å²) in [6.07, 6.45) is 0.739. The van der Waals surface area contributed by atoms with Crippen molar-refractivity contribution >= 4 is 15.8 Å². The largest absolute Gasteiger partial charge is 0.490 e. The minimum Gasteiger partial charge on any atom is -0.490 e. The Hall–Kier alpha value is -1.60. The number of ether oxygens (including phenoxy) is 2. The maximum Gasteiger partial charge on any atom is 0.309 e. The number of fused-ring (bicyclic) bond motifs is 1. The van der Waals surface area contributed by atoms with Gasteiger partial charge in [-0.2, -0.15) is 0 Å². The maximum absolute atomic E-state index is 11.8. The number of hydrogen-bond donors (Lipinski definition) is 1. The zero-order valence-electron chi connectivity index (χ0n) is 12.8. The van der Waals surface area contributed by atoms with Gasteiger partial charge in [0.15, 0.2) is 9.84 Å². The molecule has 0 amide bonds. The fraction of sp³-hybridized carbons (Fsp3) is 0.533. The Morgan fingerprint density at radius 2 is 2.18 bits per heavy atom. The molecule has 22 heavy (non-hydrogen) atoms. The molecule has 2 rings (SSSR count). The highest BCUT2D eigenvalue weighted by molar-refractivity contribution is 7.90. The molecule has 1 aliphatic heterocycles. The molecule has 7 heteroatoms. The molecule has 0 bridgehead atoms. The third kappa shape index (κ3) is 3.41. The molecule has 1 aromatic rings. The molecule has 1 aliphatic rings. The van der Waals surface area contributed by atoms with Crippen molar-refractivity contribution in [2.45, 2.75) is 43.3 Å². The number of benzene rings is 1. The first kappa shape index (κ1) is 16.8. The van der Waals surface area contributed by atoms with Crippen molar-refractivity contribution < 1.29 is 27.8 Å². The molecule has 0 radical (unpaired) electrons. The lowest BCUT2D eigenvalue weighted by molar-refractivity contribution is -0.151. The van der Waals surface area contributed by atoms with Crippen molar-refractivity contribution in [3.63, 3.8) is 0 Å². The summed E-state index contributed by atoms with van der Waals surface area (Å²) in [4.78, 5) is 11.8. The van der Waals surface area contributed by atoms with Crippen molar-refractivity contribution in [3.05, 3.63) is 23.8 Å². The Morgan fingerprint density at radius 1 is 1.50 bits per heavy atom. The van der Waals surface area contributed by atoms with Gasteiger partial charge in [0.05, 0.1) is 24.0 Å². The van der Waals surface area contributed by atoms with E-state index >= 15 is 0 Å². The molecular formula is C15H20O6S. The number of hydrogen-bond acceptors (Lipinski definition) is 6. The molecule has 1 heterocycles. The number of sulfone groups is 1. The highest BCUT2D eigenvalue weighted by atomic mass is 32.2. The number of carbonyl (C=O) groups excluding carboxylic acids is 1. The monoisotopic (exact) mass is 328 g/mol. The van der Waals surface area contributed by atoms with Gasteiger partial charge in [-0.3, -0.25) is 4.79 Å². The molecule has 0 saturated carbocycles. The topological polar surface area (TPSA) is 89.9 Å². The van der Waals surface area contributed by atoms with Crippen LogP contribution >= 0.6 is 0 Å². The van der Waals surface area contributed by atoms with E-state index < -0.39 is 21.4 Å². The first-order valence-electron chi connectivity index (χ1n) is 7.05. The van der Waals surface area contributed by atoms with Gasteiger partial charge < -0.3 is 14.6 Å². The van der Waals surface area contributed by atoms with Crippen molar-refractivity contribution in [2.24, 2.45) is 0 Å². The zero-order valence-corrected chi connectivity index (χ0v) is 13.6. The Balaban J connectivity index is 2.48. The van der Waals surface area contributed by atoms with Gasteiger partial charge in [-0.25, -0.2) is 8.42 Å². The Kier molecular flexibility index (Phi) is 4.49. The van der Waals surface area contributed by atoms with E-state index in [4.69, 9.17) is 9.47 Å². The second-order valence-electron chi connectivity index (χ2n) is 5.58. The third-order valence-electron chi connectivity index (χ3n) is 3.58. The highest BCUT2D eigenvalue weighted by Crippen LogP contribution is 2.42. The van der Waals surface area contributed by atoms with E-state index in [1.54, 1.807) is 13.8 Å². The van der Waals surface area contributed by atoms with Gasteiger partial charge in [0.1, 0.15) is 11.4 Å². The van der Waals surface area contributed by atoms with E-state index in [0.29, 0.717) is 11.3 Å². The molecule has 1 N–H and O–H groups in total. The van der Waals surface area contributed by atoms with E-state index in [-0.39, 0.29) is 30.4 Å². The summed E-state index contributed by atoms with van der Waals surface area (Å²) in [6.45, 7) is 3.69. The Morgan fingerprint density at radius 3 is 2.77 bits per heavy atom. The predicted octanol–water partition coefficient (Wildman–Crippen LogP) is 1.40. The normalized spacial score (nSPS) is 24.3. The first-order chi connectivity index (χ1) is 10.2. The smallest absolute Gasteiger partial charge is 0.309 e. The van der Waals surface area contributed by atoms with Gasteiger partial charge >= 0.3 is 5.97 Å². The SMILES string of the molecule is CCOC(=O)C[C@]1(O)C[C@@H](C)Oc2ccc(S(C)(=O)=O)cc21. The lowest BCUT2D eigenvalue weighted by Gasteiger charge is -2.37. The highest BCUT2D eigenvalue weighted by Gasteiger charge is 2.41. The number of aliphatic hydroxyl groups is 1.